The molecule has 6 heteroatoms. The zero-order chi connectivity index (χ0) is 15.8. The van der Waals surface area contributed by atoms with E-state index in [2.05, 4.69) is 10.1 Å². The maximum atomic E-state index is 12.9. The number of likely N-dealkylation sites (tertiary alicyclic amines) is 1. The van der Waals surface area contributed by atoms with Crippen molar-refractivity contribution in [3.05, 3.63) is 54.2 Å². The fourth-order valence-corrected chi connectivity index (χ4v) is 3.25. The zero-order valence-corrected chi connectivity index (χ0v) is 13.1. The lowest BCUT2D eigenvalue weighted by atomic mass is 10.2. The molecule has 4 rings (SSSR count). The van der Waals surface area contributed by atoms with Gasteiger partial charge < -0.3 is 9.30 Å². The first kappa shape index (κ1) is 14.0. The largest absolute Gasteiger partial charge is 0.332 e. The normalized spacial score (nSPS) is 18.0. The van der Waals surface area contributed by atoms with E-state index in [9.17, 15) is 4.79 Å². The van der Waals surface area contributed by atoms with Crippen molar-refractivity contribution < 1.29 is 4.79 Å². The molecule has 118 valence electrons. The first-order chi connectivity index (χ1) is 11.2. The van der Waals surface area contributed by atoms with Gasteiger partial charge in [0.15, 0.2) is 0 Å². The van der Waals surface area contributed by atoms with E-state index < -0.39 is 0 Å². The van der Waals surface area contributed by atoms with Crippen molar-refractivity contribution in [2.24, 2.45) is 0 Å². The van der Waals surface area contributed by atoms with Crippen molar-refractivity contribution in [2.75, 3.05) is 6.54 Å². The average molecular weight is 309 g/mol. The minimum Gasteiger partial charge on any atom is -0.332 e. The third-order valence-corrected chi connectivity index (χ3v) is 4.43. The Morgan fingerprint density at radius 3 is 3.13 bits per heavy atom. The first-order valence-electron chi connectivity index (χ1n) is 7.94. The molecule has 3 aromatic heterocycles. The minimum atomic E-state index is 0.0148. The number of amides is 1. The van der Waals surface area contributed by atoms with Gasteiger partial charge in [0, 0.05) is 31.3 Å². The van der Waals surface area contributed by atoms with Crippen molar-refractivity contribution in [1.82, 2.24) is 24.1 Å². The Bertz CT molecular complexity index is 836. The maximum absolute atomic E-state index is 12.9. The summed E-state index contributed by atoms with van der Waals surface area (Å²) >= 11 is 0. The summed E-state index contributed by atoms with van der Waals surface area (Å²) in [7, 11) is 0. The van der Waals surface area contributed by atoms with Crippen LogP contribution in [0.5, 0.6) is 0 Å². The summed E-state index contributed by atoms with van der Waals surface area (Å²) in [6, 6.07) is 6.10. The van der Waals surface area contributed by atoms with E-state index >= 15 is 0 Å². The van der Waals surface area contributed by atoms with Crippen molar-refractivity contribution >= 4 is 11.6 Å². The molecule has 1 unspecified atom stereocenters. The van der Waals surface area contributed by atoms with Crippen LogP contribution in [0.15, 0.2) is 43.0 Å². The Hall–Kier alpha value is -2.63. The lowest BCUT2D eigenvalue weighted by Crippen LogP contribution is -2.38. The van der Waals surface area contributed by atoms with Gasteiger partial charge >= 0.3 is 0 Å². The number of nitrogens with zero attached hydrogens (tertiary/aromatic N) is 5. The number of aromatic nitrogens is 4. The van der Waals surface area contributed by atoms with Gasteiger partial charge in [0.25, 0.3) is 5.91 Å². The van der Waals surface area contributed by atoms with Crippen molar-refractivity contribution in [1.29, 1.82) is 0 Å². The van der Waals surface area contributed by atoms with Crippen LogP contribution in [0.25, 0.3) is 5.65 Å². The van der Waals surface area contributed by atoms with Crippen molar-refractivity contribution in [3.63, 3.8) is 0 Å². The summed E-state index contributed by atoms with van der Waals surface area (Å²) < 4.78 is 3.79. The number of carbonyl (C=O) groups is 1. The smallest absolute Gasteiger partial charge is 0.274 e. The van der Waals surface area contributed by atoms with Gasteiger partial charge in [-0.3, -0.25) is 9.48 Å². The van der Waals surface area contributed by atoms with Crippen LogP contribution in [0, 0.1) is 6.92 Å². The van der Waals surface area contributed by atoms with Crippen LogP contribution in [-0.2, 0) is 6.54 Å². The van der Waals surface area contributed by atoms with Gasteiger partial charge in [-0.2, -0.15) is 5.10 Å². The minimum absolute atomic E-state index is 0.0148. The molecule has 1 amide bonds. The molecule has 1 aliphatic rings. The Kier molecular flexibility index (Phi) is 3.37. The number of imidazole rings is 1. The third-order valence-electron chi connectivity index (χ3n) is 4.43. The number of carbonyl (C=O) groups excluding carboxylic acids is 1. The van der Waals surface area contributed by atoms with Crippen LogP contribution < -0.4 is 0 Å². The first-order valence-corrected chi connectivity index (χ1v) is 7.94. The lowest BCUT2D eigenvalue weighted by molar-refractivity contribution is 0.0716. The summed E-state index contributed by atoms with van der Waals surface area (Å²) in [4.78, 5) is 19.3. The van der Waals surface area contributed by atoms with Gasteiger partial charge in [-0.1, -0.05) is 0 Å². The molecule has 0 aliphatic carbocycles. The van der Waals surface area contributed by atoms with Gasteiger partial charge in [-0.15, -0.1) is 0 Å². The molecule has 1 aliphatic heterocycles. The van der Waals surface area contributed by atoms with Crippen LogP contribution in [0.1, 0.15) is 28.9 Å². The monoisotopic (exact) mass is 309 g/mol. The molecule has 1 fully saturated rings. The van der Waals surface area contributed by atoms with E-state index in [1.165, 1.54) is 0 Å². The number of aryl methyl sites for hydroxylation is 1. The summed E-state index contributed by atoms with van der Waals surface area (Å²) in [5.41, 5.74) is 2.47. The summed E-state index contributed by atoms with van der Waals surface area (Å²) in [5, 5.41) is 4.25. The molecule has 0 saturated carbocycles. The van der Waals surface area contributed by atoms with Gasteiger partial charge in [-0.05, 0) is 43.5 Å². The van der Waals surface area contributed by atoms with Crippen LogP contribution in [0.2, 0.25) is 0 Å². The molecule has 0 N–H and O–H groups in total. The molecule has 23 heavy (non-hydrogen) atoms. The molecule has 0 radical (unpaired) electrons. The molecule has 0 spiro atoms. The molecule has 1 saturated heterocycles. The lowest BCUT2D eigenvalue weighted by Gasteiger charge is -2.23. The molecular formula is C17H19N5O. The average Bonchev–Trinajstić information content (AvgIpc) is 3.26. The topological polar surface area (TPSA) is 55.4 Å². The summed E-state index contributed by atoms with van der Waals surface area (Å²) in [5.74, 6) is 0.0148. The number of hydrogen-bond acceptors (Lipinski definition) is 3. The fourth-order valence-electron chi connectivity index (χ4n) is 3.25. The number of hydrogen-bond donors (Lipinski definition) is 0. The molecule has 0 bridgehead atoms. The second-order valence-electron chi connectivity index (χ2n) is 6.12. The zero-order valence-electron chi connectivity index (χ0n) is 13.1. The number of rotatable bonds is 3. The SMILES string of the molecule is Cc1ccn2cc(C(=O)N3CCCC3Cn3cccn3)nc2c1. The maximum Gasteiger partial charge on any atom is 0.274 e. The van der Waals surface area contributed by atoms with Crippen molar-refractivity contribution in [2.45, 2.75) is 32.4 Å². The summed E-state index contributed by atoms with van der Waals surface area (Å²) in [6.45, 7) is 3.56. The second-order valence-corrected chi connectivity index (χ2v) is 6.12. The Morgan fingerprint density at radius 2 is 2.30 bits per heavy atom. The van der Waals surface area contributed by atoms with Crippen molar-refractivity contribution in [3.8, 4) is 0 Å². The predicted octanol–water partition coefficient (Wildman–Crippen LogP) is 2.14. The van der Waals surface area contributed by atoms with E-state index in [-0.39, 0.29) is 11.9 Å². The van der Waals surface area contributed by atoms with Crippen LogP contribution >= 0.6 is 0 Å². The van der Waals surface area contributed by atoms with E-state index in [1.54, 1.807) is 6.20 Å². The molecule has 3 aromatic rings. The molecular weight excluding hydrogens is 290 g/mol. The number of pyridine rings is 1. The highest BCUT2D eigenvalue weighted by molar-refractivity contribution is 5.93. The quantitative estimate of drug-likeness (QED) is 0.745. The van der Waals surface area contributed by atoms with Gasteiger partial charge in [-0.25, -0.2) is 4.98 Å². The molecule has 0 aromatic carbocycles. The fraction of sp³-hybridized carbons (Fsp3) is 0.353. The molecule has 6 nitrogen and oxygen atoms in total. The van der Waals surface area contributed by atoms with E-state index in [0.29, 0.717) is 5.69 Å². The van der Waals surface area contributed by atoms with E-state index in [1.807, 2.05) is 57.7 Å². The molecule has 1 atom stereocenters. The standard InChI is InChI=1S/C17H19N5O/c1-13-5-9-20-12-15(19-16(20)10-13)17(23)22-8-2-4-14(22)11-21-7-3-6-18-21/h3,5-7,9-10,12,14H,2,4,8,11H2,1H3. The van der Waals surface area contributed by atoms with Crippen LogP contribution in [-0.4, -0.2) is 42.6 Å². The van der Waals surface area contributed by atoms with Gasteiger partial charge in [0.1, 0.15) is 11.3 Å². The van der Waals surface area contributed by atoms with Gasteiger partial charge in [0.05, 0.1) is 12.6 Å². The Balaban J connectivity index is 1.58. The second kappa shape index (κ2) is 5.53. The van der Waals surface area contributed by atoms with Crippen LogP contribution in [0.3, 0.4) is 0 Å². The van der Waals surface area contributed by atoms with Crippen LogP contribution in [0.4, 0.5) is 0 Å². The Labute approximate surface area is 134 Å². The molecule has 4 heterocycles. The van der Waals surface area contributed by atoms with E-state index in [0.717, 1.165) is 37.1 Å². The highest BCUT2D eigenvalue weighted by atomic mass is 16.2. The highest BCUT2D eigenvalue weighted by Crippen LogP contribution is 2.21. The van der Waals surface area contributed by atoms with Gasteiger partial charge in [0.2, 0.25) is 0 Å². The predicted molar refractivity (Wildman–Crippen MR) is 86.2 cm³/mol. The third kappa shape index (κ3) is 2.60. The van der Waals surface area contributed by atoms with E-state index in [4.69, 9.17) is 0 Å². The summed E-state index contributed by atoms with van der Waals surface area (Å²) in [6.07, 6.45) is 9.52. The Morgan fingerprint density at radius 1 is 1.39 bits per heavy atom. The number of fused-ring (bicyclic) bond motifs is 1. The highest BCUT2D eigenvalue weighted by Gasteiger charge is 2.31.